The standard InChI is InChI=1S/C20H22ClFN6O2.C6H12O2/c1-9(2)15-8-30-20(29)28(15)19-26-17-13(22)5-11(6-14(17)27(19)10(3)4)16-12(21)7-24-18(23)25-16;7-6-3-1-2-4-8-5-6/h5-7,9-10,15H,8H2,1-4H3,(H2,23,24,25);6-7H,1-5H2. The topological polar surface area (TPSA) is 129 Å². The molecule has 4 heterocycles. The smallest absolute Gasteiger partial charge is 0.417 e. The number of aromatic nitrogens is 4. The summed E-state index contributed by atoms with van der Waals surface area (Å²) in [6, 6.07) is 2.76. The van der Waals surface area contributed by atoms with Crippen molar-refractivity contribution in [3.05, 3.63) is 29.2 Å². The fourth-order valence-corrected chi connectivity index (χ4v) is 4.78. The van der Waals surface area contributed by atoms with Crippen LogP contribution in [0, 0.1) is 11.7 Å². The number of hydrogen-bond donors (Lipinski definition) is 2. The van der Waals surface area contributed by atoms with Gasteiger partial charge in [-0.25, -0.2) is 29.0 Å². The average molecular weight is 549 g/mol. The number of nitrogens with two attached hydrogens (primary N) is 1. The second-order valence-corrected chi connectivity index (χ2v) is 10.5. The molecule has 2 unspecified atom stereocenters. The molecule has 0 spiro atoms. The Kier molecular flexibility index (Phi) is 8.69. The van der Waals surface area contributed by atoms with Crippen LogP contribution in [0.1, 0.15) is 53.0 Å². The Morgan fingerprint density at radius 2 is 1.95 bits per heavy atom. The molecule has 0 radical (unpaired) electrons. The average Bonchev–Trinajstić information content (AvgIpc) is 3.34. The van der Waals surface area contributed by atoms with Crippen molar-refractivity contribution in [2.45, 2.75) is 65.1 Å². The highest BCUT2D eigenvalue weighted by Crippen LogP contribution is 2.36. The SMILES string of the molecule is CC(C)C1COC(=O)N1c1nc2c(F)cc(-c3nc(N)ncc3Cl)cc2n1C(C)C.OC1CCCCOC1. The number of nitrogen functional groups attached to an aromatic ring is 1. The summed E-state index contributed by atoms with van der Waals surface area (Å²) in [5.74, 6) is -0.0248. The van der Waals surface area contributed by atoms with Crippen molar-refractivity contribution in [1.82, 2.24) is 19.5 Å². The summed E-state index contributed by atoms with van der Waals surface area (Å²) in [5.41, 5.74) is 7.13. The fraction of sp³-hybridized carbons (Fsp3) is 0.538. The lowest BCUT2D eigenvalue weighted by atomic mass is 10.1. The first-order valence-corrected chi connectivity index (χ1v) is 13.2. The molecule has 206 valence electrons. The lowest BCUT2D eigenvalue weighted by Crippen LogP contribution is -2.39. The Hall–Kier alpha value is -3.02. The molecule has 2 aliphatic heterocycles. The number of amides is 1. The summed E-state index contributed by atoms with van der Waals surface area (Å²) in [6.07, 6.45) is 3.83. The van der Waals surface area contributed by atoms with Crippen LogP contribution >= 0.6 is 11.6 Å². The van der Waals surface area contributed by atoms with E-state index in [9.17, 15) is 4.79 Å². The molecule has 0 bridgehead atoms. The zero-order valence-electron chi connectivity index (χ0n) is 22.0. The Morgan fingerprint density at radius 3 is 2.66 bits per heavy atom. The number of aliphatic hydroxyl groups is 1. The fourth-order valence-electron chi connectivity index (χ4n) is 4.58. The van der Waals surface area contributed by atoms with Crippen LogP contribution in [-0.4, -0.2) is 62.7 Å². The lowest BCUT2D eigenvalue weighted by molar-refractivity contribution is 0.0512. The first-order chi connectivity index (χ1) is 18.1. The molecule has 2 fully saturated rings. The third-order valence-electron chi connectivity index (χ3n) is 6.56. The zero-order valence-corrected chi connectivity index (χ0v) is 22.8. The Balaban J connectivity index is 0.000000360. The van der Waals surface area contributed by atoms with Gasteiger partial charge in [-0.05, 0) is 51.2 Å². The minimum Gasteiger partial charge on any atom is -0.447 e. The Labute approximate surface area is 225 Å². The van der Waals surface area contributed by atoms with Gasteiger partial charge in [-0.2, -0.15) is 0 Å². The number of halogens is 2. The van der Waals surface area contributed by atoms with E-state index in [1.54, 1.807) is 6.07 Å². The van der Waals surface area contributed by atoms with E-state index in [0.717, 1.165) is 25.9 Å². The van der Waals surface area contributed by atoms with E-state index >= 15 is 4.39 Å². The van der Waals surface area contributed by atoms with Crippen molar-refractivity contribution in [1.29, 1.82) is 0 Å². The van der Waals surface area contributed by atoms with Crippen molar-refractivity contribution in [3.8, 4) is 11.3 Å². The Morgan fingerprint density at radius 1 is 1.18 bits per heavy atom. The van der Waals surface area contributed by atoms with Crippen molar-refractivity contribution in [2.75, 3.05) is 30.5 Å². The first-order valence-electron chi connectivity index (χ1n) is 12.8. The molecular weight excluding hydrogens is 515 g/mol. The molecule has 2 saturated heterocycles. The molecule has 10 nitrogen and oxygen atoms in total. The van der Waals surface area contributed by atoms with Gasteiger partial charge in [0.05, 0.1) is 41.2 Å². The van der Waals surface area contributed by atoms with Gasteiger partial charge in [0.1, 0.15) is 12.1 Å². The minimum atomic E-state index is -0.551. The molecule has 2 aromatic heterocycles. The molecule has 12 heteroatoms. The van der Waals surface area contributed by atoms with Crippen LogP contribution in [0.15, 0.2) is 18.3 Å². The Bertz CT molecular complexity index is 1290. The van der Waals surface area contributed by atoms with Crippen LogP contribution in [0.2, 0.25) is 5.02 Å². The summed E-state index contributed by atoms with van der Waals surface area (Å²) in [7, 11) is 0. The molecule has 3 aromatic rings. The molecule has 5 rings (SSSR count). The second kappa shape index (κ2) is 11.8. The van der Waals surface area contributed by atoms with E-state index in [1.165, 1.54) is 17.2 Å². The molecular formula is C26H34ClFN6O4. The largest absolute Gasteiger partial charge is 0.447 e. The number of aliphatic hydroxyl groups excluding tert-OH is 1. The van der Waals surface area contributed by atoms with Gasteiger partial charge in [0.25, 0.3) is 0 Å². The van der Waals surface area contributed by atoms with Crippen molar-refractivity contribution >= 4 is 40.6 Å². The first kappa shape index (κ1) is 28.0. The third kappa shape index (κ3) is 5.84. The van der Waals surface area contributed by atoms with Crippen LogP contribution in [-0.2, 0) is 9.47 Å². The van der Waals surface area contributed by atoms with Gasteiger partial charge in [-0.3, -0.25) is 0 Å². The summed E-state index contributed by atoms with van der Waals surface area (Å²) in [5, 5.41) is 9.22. The highest BCUT2D eigenvalue weighted by atomic mass is 35.5. The maximum Gasteiger partial charge on any atom is 0.417 e. The number of nitrogens with zero attached hydrogens (tertiary/aromatic N) is 5. The van der Waals surface area contributed by atoms with Gasteiger partial charge >= 0.3 is 6.09 Å². The number of benzene rings is 1. The highest BCUT2D eigenvalue weighted by Gasteiger charge is 2.40. The number of fused-ring (bicyclic) bond motifs is 1. The predicted molar refractivity (Wildman–Crippen MR) is 144 cm³/mol. The molecule has 3 N–H and O–H groups in total. The third-order valence-corrected chi connectivity index (χ3v) is 6.84. The number of imidazole rings is 1. The predicted octanol–water partition coefficient (Wildman–Crippen LogP) is 4.98. The molecule has 0 aliphatic carbocycles. The molecule has 38 heavy (non-hydrogen) atoms. The molecule has 0 saturated carbocycles. The van der Waals surface area contributed by atoms with E-state index in [1.807, 2.05) is 32.3 Å². The van der Waals surface area contributed by atoms with Gasteiger partial charge in [-0.1, -0.05) is 25.4 Å². The van der Waals surface area contributed by atoms with Crippen molar-refractivity contribution < 1.29 is 23.8 Å². The van der Waals surface area contributed by atoms with Crippen LogP contribution in [0.5, 0.6) is 0 Å². The van der Waals surface area contributed by atoms with Crippen LogP contribution < -0.4 is 10.6 Å². The summed E-state index contributed by atoms with van der Waals surface area (Å²) < 4.78 is 27.3. The second-order valence-electron chi connectivity index (χ2n) is 10.1. The van der Waals surface area contributed by atoms with Crippen molar-refractivity contribution in [2.24, 2.45) is 5.92 Å². The van der Waals surface area contributed by atoms with E-state index < -0.39 is 11.9 Å². The number of carbonyl (C=O) groups is 1. The zero-order chi connectivity index (χ0) is 27.6. The summed E-state index contributed by atoms with van der Waals surface area (Å²) >= 11 is 6.22. The normalized spacial score (nSPS) is 20.0. The van der Waals surface area contributed by atoms with Gasteiger partial charge in [0.15, 0.2) is 5.82 Å². The van der Waals surface area contributed by atoms with Gasteiger partial charge in [0, 0.05) is 18.2 Å². The van der Waals surface area contributed by atoms with Gasteiger partial charge in [0.2, 0.25) is 11.9 Å². The number of hydrogen-bond acceptors (Lipinski definition) is 8. The number of ether oxygens (including phenoxy) is 2. The summed E-state index contributed by atoms with van der Waals surface area (Å²) in [4.78, 5) is 26.5. The van der Waals surface area contributed by atoms with Crippen molar-refractivity contribution in [3.63, 3.8) is 0 Å². The number of carbonyl (C=O) groups excluding carboxylic acids is 1. The summed E-state index contributed by atoms with van der Waals surface area (Å²) in [6.45, 7) is 9.52. The van der Waals surface area contributed by atoms with E-state index in [-0.39, 0.29) is 47.2 Å². The molecule has 1 amide bonds. The van der Waals surface area contributed by atoms with Gasteiger partial charge in [-0.15, -0.1) is 0 Å². The minimum absolute atomic E-state index is 0.0348. The van der Waals surface area contributed by atoms with E-state index in [2.05, 4.69) is 15.0 Å². The number of anilines is 2. The maximum atomic E-state index is 15.1. The lowest BCUT2D eigenvalue weighted by Gasteiger charge is -2.25. The van der Waals surface area contributed by atoms with E-state index in [4.69, 9.17) is 31.9 Å². The van der Waals surface area contributed by atoms with E-state index in [0.29, 0.717) is 29.3 Å². The molecule has 2 atom stereocenters. The molecule has 2 aliphatic rings. The number of rotatable bonds is 4. The van der Waals surface area contributed by atoms with Crippen LogP contribution in [0.25, 0.3) is 22.3 Å². The molecule has 1 aromatic carbocycles. The highest BCUT2D eigenvalue weighted by molar-refractivity contribution is 6.33. The quantitative estimate of drug-likeness (QED) is 0.467. The maximum absolute atomic E-state index is 15.1. The number of cyclic esters (lactones) is 1. The monoisotopic (exact) mass is 548 g/mol. The van der Waals surface area contributed by atoms with Crippen LogP contribution in [0.4, 0.5) is 21.1 Å². The van der Waals surface area contributed by atoms with Gasteiger partial charge < -0.3 is 24.9 Å². The van der Waals surface area contributed by atoms with Crippen LogP contribution in [0.3, 0.4) is 0 Å².